The van der Waals surface area contributed by atoms with Crippen molar-refractivity contribution >= 4 is 62.5 Å². The van der Waals surface area contributed by atoms with Crippen molar-refractivity contribution in [3.05, 3.63) is 55.6 Å². The SMILES string of the molecule is Cc1nc2sc(C=C3C(=O)c4cc(Cl)c(Cl)cc4C3=O)cc2n1C. The average molecular weight is 377 g/mol. The molecule has 0 spiro atoms. The number of fused-ring (bicyclic) bond motifs is 2. The Morgan fingerprint density at radius 1 is 1.08 bits per heavy atom. The summed E-state index contributed by atoms with van der Waals surface area (Å²) in [7, 11) is 1.93. The Morgan fingerprint density at radius 3 is 2.21 bits per heavy atom. The standard InChI is InChI=1S/C17H10Cl2N2O2S/c1-7-20-17-14(21(7)2)4-8(24-17)3-11-15(22)9-5-12(18)13(19)6-10(9)16(11)23/h3-6H,1-2H3. The molecule has 3 aromatic rings. The molecule has 4 rings (SSSR count). The molecule has 0 radical (unpaired) electrons. The molecular weight excluding hydrogens is 367 g/mol. The molecule has 2 heterocycles. The number of aromatic nitrogens is 2. The van der Waals surface area contributed by atoms with Gasteiger partial charge in [0.15, 0.2) is 11.6 Å². The van der Waals surface area contributed by atoms with Crippen LogP contribution in [0.1, 0.15) is 31.4 Å². The summed E-state index contributed by atoms with van der Waals surface area (Å²) in [4.78, 5) is 31.2. The number of ketones is 2. The number of hydrogen-bond donors (Lipinski definition) is 0. The summed E-state index contributed by atoms with van der Waals surface area (Å²) in [6.45, 7) is 1.93. The van der Waals surface area contributed by atoms with Gasteiger partial charge in [-0.25, -0.2) is 4.98 Å². The van der Waals surface area contributed by atoms with E-state index in [9.17, 15) is 9.59 Å². The van der Waals surface area contributed by atoms with Crippen LogP contribution in [0.4, 0.5) is 0 Å². The normalized spacial score (nSPS) is 13.9. The van der Waals surface area contributed by atoms with Gasteiger partial charge in [0, 0.05) is 23.1 Å². The number of rotatable bonds is 1. The van der Waals surface area contributed by atoms with Crippen molar-refractivity contribution in [1.29, 1.82) is 0 Å². The molecule has 0 amide bonds. The molecule has 7 heteroatoms. The van der Waals surface area contributed by atoms with E-state index in [1.807, 2.05) is 24.6 Å². The lowest BCUT2D eigenvalue weighted by atomic mass is 10.1. The summed E-state index contributed by atoms with van der Waals surface area (Å²) in [5.41, 5.74) is 1.71. The molecule has 1 aliphatic rings. The second kappa shape index (κ2) is 5.28. The van der Waals surface area contributed by atoms with Crippen molar-refractivity contribution in [1.82, 2.24) is 9.55 Å². The molecule has 0 fully saturated rings. The predicted octanol–water partition coefficient (Wildman–Crippen LogP) is 4.71. The number of imidazole rings is 1. The number of aryl methyl sites for hydroxylation is 2. The van der Waals surface area contributed by atoms with E-state index in [0.717, 1.165) is 21.0 Å². The number of carbonyl (C=O) groups excluding carboxylic acids is 2. The third-order valence-corrected chi connectivity index (χ3v) is 5.84. The third kappa shape index (κ3) is 2.16. The quantitative estimate of drug-likeness (QED) is 0.456. The first-order valence-corrected chi connectivity index (χ1v) is 8.67. The lowest BCUT2D eigenvalue weighted by Gasteiger charge is -1.98. The summed E-state index contributed by atoms with van der Waals surface area (Å²) in [5, 5.41) is 0.527. The van der Waals surface area contributed by atoms with E-state index in [1.54, 1.807) is 6.08 Å². The molecular formula is C17H10Cl2N2O2S. The van der Waals surface area contributed by atoms with Gasteiger partial charge < -0.3 is 4.57 Å². The van der Waals surface area contributed by atoms with Gasteiger partial charge in [-0.15, -0.1) is 11.3 Å². The highest BCUT2D eigenvalue weighted by Crippen LogP contribution is 2.35. The van der Waals surface area contributed by atoms with E-state index in [0.29, 0.717) is 11.1 Å². The molecule has 0 unspecified atom stereocenters. The van der Waals surface area contributed by atoms with Crippen LogP contribution < -0.4 is 0 Å². The van der Waals surface area contributed by atoms with Gasteiger partial charge in [0.2, 0.25) is 0 Å². The number of benzene rings is 1. The van der Waals surface area contributed by atoms with Crippen LogP contribution in [0.3, 0.4) is 0 Å². The lowest BCUT2D eigenvalue weighted by Crippen LogP contribution is -1.99. The number of thiophene rings is 1. The van der Waals surface area contributed by atoms with Gasteiger partial charge in [-0.05, 0) is 31.2 Å². The van der Waals surface area contributed by atoms with E-state index >= 15 is 0 Å². The molecule has 0 saturated heterocycles. The number of halogens is 2. The second-order valence-corrected chi connectivity index (χ2v) is 7.46. The van der Waals surface area contributed by atoms with Crippen molar-refractivity contribution < 1.29 is 9.59 Å². The summed E-state index contributed by atoms with van der Waals surface area (Å²) in [5.74, 6) is 0.269. The number of allylic oxidation sites excluding steroid dienone is 1. The minimum atomic E-state index is -0.324. The van der Waals surface area contributed by atoms with E-state index in [2.05, 4.69) is 4.98 Å². The molecule has 0 aliphatic heterocycles. The molecule has 1 aliphatic carbocycles. The first-order chi connectivity index (χ1) is 11.4. The van der Waals surface area contributed by atoms with Gasteiger partial charge in [0.1, 0.15) is 10.7 Å². The Kier molecular flexibility index (Phi) is 3.42. The maximum atomic E-state index is 12.5. The Hall–Kier alpha value is -1.95. The smallest absolute Gasteiger partial charge is 0.197 e. The van der Waals surface area contributed by atoms with Crippen LogP contribution in [0.2, 0.25) is 10.0 Å². The molecule has 120 valence electrons. The molecule has 2 aromatic heterocycles. The zero-order valence-corrected chi connectivity index (χ0v) is 15.0. The lowest BCUT2D eigenvalue weighted by molar-refractivity contribution is 0.0990. The fourth-order valence-electron chi connectivity index (χ4n) is 2.77. The van der Waals surface area contributed by atoms with E-state index in [4.69, 9.17) is 23.2 Å². The molecule has 1 aromatic carbocycles. The van der Waals surface area contributed by atoms with E-state index in [-0.39, 0.29) is 27.2 Å². The summed E-state index contributed by atoms with van der Waals surface area (Å²) < 4.78 is 1.97. The average Bonchev–Trinajstić information content (AvgIpc) is 3.11. The molecule has 0 bridgehead atoms. The van der Waals surface area contributed by atoms with Gasteiger partial charge in [-0.3, -0.25) is 9.59 Å². The van der Waals surface area contributed by atoms with Crippen molar-refractivity contribution in [2.24, 2.45) is 7.05 Å². The number of carbonyl (C=O) groups is 2. The Morgan fingerprint density at radius 2 is 1.67 bits per heavy atom. The van der Waals surface area contributed by atoms with E-state index < -0.39 is 0 Å². The minimum absolute atomic E-state index is 0.131. The van der Waals surface area contributed by atoms with Crippen LogP contribution >= 0.6 is 34.5 Å². The zero-order valence-electron chi connectivity index (χ0n) is 12.7. The largest absolute Gasteiger partial charge is 0.331 e. The molecule has 0 N–H and O–H groups in total. The number of hydrogen-bond acceptors (Lipinski definition) is 4. The second-order valence-electron chi connectivity index (χ2n) is 5.59. The van der Waals surface area contributed by atoms with Crippen LogP contribution in [0.25, 0.3) is 16.4 Å². The highest BCUT2D eigenvalue weighted by atomic mass is 35.5. The molecule has 24 heavy (non-hydrogen) atoms. The van der Waals surface area contributed by atoms with Crippen LogP contribution in [-0.2, 0) is 7.05 Å². The zero-order chi connectivity index (χ0) is 17.2. The summed E-state index contributed by atoms with van der Waals surface area (Å²) in [6.07, 6.45) is 1.62. The molecule has 4 nitrogen and oxygen atoms in total. The minimum Gasteiger partial charge on any atom is -0.331 e. The predicted molar refractivity (Wildman–Crippen MR) is 96.4 cm³/mol. The van der Waals surface area contributed by atoms with Crippen LogP contribution in [0.15, 0.2) is 23.8 Å². The van der Waals surface area contributed by atoms with Crippen molar-refractivity contribution in [3.63, 3.8) is 0 Å². The van der Waals surface area contributed by atoms with Crippen LogP contribution in [0.5, 0.6) is 0 Å². The van der Waals surface area contributed by atoms with Crippen LogP contribution in [0, 0.1) is 6.92 Å². The van der Waals surface area contributed by atoms with Crippen LogP contribution in [-0.4, -0.2) is 21.1 Å². The summed E-state index contributed by atoms with van der Waals surface area (Å²) in [6, 6.07) is 4.84. The number of nitrogens with zero attached hydrogens (tertiary/aromatic N) is 2. The van der Waals surface area contributed by atoms with Gasteiger partial charge >= 0.3 is 0 Å². The third-order valence-electron chi connectivity index (χ3n) is 4.15. The fourth-order valence-corrected chi connectivity index (χ4v) is 4.14. The fraction of sp³-hybridized carbons (Fsp3) is 0.118. The Balaban J connectivity index is 1.82. The van der Waals surface area contributed by atoms with Gasteiger partial charge in [-0.2, -0.15) is 0 Å². The highest BCUT2D eigenvalue weighted by Gasteiger charge is 2.34. The Labute approximate surface area is 151 Å². The topological polar surface area (TPSA) is 52.0 Å². The maximum Gasteiger partial charge on any atom is 0.197 e. The molecule has 0 saturated carbocycles. The van der Waals surface area contributed by atoms with Crippen molar-refractivity contribution in [2.45, 2.75) is 6.92 Å². The van der Waals surface area contributed by atoms with Crippen molar-refractivity contribution in [2.75, 3.05) is 0 Å². The first-order valence-electron chi connectivity index (χ1n) is 7.10. The van der Waals surface area contributed by atoms with Gasteiger partial charge in [-0.1, -0.05) is 23.2 Å². The first kappa shape index (κ1) is 15.6. The van der Waals surface area contributed by atoms with Gasteiger partial charge in [0.25, 0.3) is 0 Å². The molecule has 0 atom stereocenters. The highest BCUT2D eigenvalue weighted by molar-refractivity contribution is 7.19. The van der Waals surface area contributed by atoms with Crippen molar-refractivity contribution in [3.8, 4) is 0 Å². The van der Waals surface area contributed by atoms with Gasteiger partial charge in [0.05, 0.1) is 21.1 Å². The number of Topliss-reactive ketones (excluding diaryl/α,β-unsaturated/α-hetero) is 2. The maximum absolute atomic E-state index is 12.5. The monoisotopic (exact) mass is 376 g/mol. The Bertz CT molecular complexity index is 1050. The summed E-state index contributed by atoms with van der Waals surface area (Å²) >= 11 is 13.4. The van der Waals surface area contributed by atoms with E-state index in [1.165, 1.54) is 23.5 Å².